The van der Waals surface area contributed by atoms with E-state index in [4.69, 9.17) is 0 Å². The van der Waals surface area contributed by atoms with E-state index in [1.165, 1.54) is 29.8 Å². The van der Waals surface area contributed by atoms with Gasteiger partial charge in [0.15, 0.2) is 0 Å². The molecule has 1 N–H and O–H groups in total. The van der Waals surface area contributed by atoms with Gasteiger partial charge in [-0.25, -0.2) is 4.98 Å². The Hall–Kier alpha value is -1.09. The Kier molecular flexibility index (Phi) is 4.23. The first kappa shape index (κ1) is 13.3. The van der Waals surface area contributed by atoms with Crippen LogP contribution in [0.2, 0.25) is 0 Å². The second-order valence-corrected chi connectivity index (χ2v) is 5.54. The summed E-state index contributed by atoms with van der Waals surface area (Å²) < 4.78 is 0. The number of pyridine rings is 1. The lowest BCUT2D eigenvalue weighted by Crippen LogP contribution is -2.27. The van der Waals surface area contributed by atoms with E-state index >= 15 is 0 Å². The van der Waals surface area contributed by atoms with Gasteiger partial charge < -0.3 is 10.2 Å². The van der Waals surface area contributed by atoms with Gasteiger partial charge in [-0.3, -0.25) is 0 Å². The van der Waals surface area contributed by atoms with E-state index in [0.717, 1.165) is 19.1 Å². The highest BCUT2D eigenvalue weighted by Gasteiger charge is 2.29. The minimum absolute atomic E-state index is 0.517. The molecule has 0 aromatic carbocycles. The molecule has 0 amide bonds. The maximum Gasteiger partial charge on any atom is 0.131 e. The van der Waals surface area contributed by atoms with E-state index < -0.39 is 0 Å². The van der Waals surface area contributed by atoms with Crippen LogP contribution in [0.5, 0.6) is 0 Å². The fraction of sp³-hybridized carbons (Fsp3) is 0.667. The van der Waals surface area contributed by atoms with Crippen molar-refractivity contribution in [2.45, 2.75) is 59.2 Å². The van der Waals surface area contributed by atoms with Gasteiger partial charge in [-0.2, -0.15) is 0 Å². The predicted octanol–water partition coefficient (Wildman–Crippen LogP) is 2.88. The number of nitrogens with one attached hydrogen (secondary N) is 1. The van der Waals surface area contributed by atoms with Gasteiger partial charge in [-0.1, -0.05) is 13.8 Å². The van der Waals surface area contributed by atoms with Crippen LogP contribution < -0.4 is 10.2 Å². The standard InChI is InChI=1S/C15H25N3/c1-5-18(14-6-7-14)15-12(4)8-13(10-17-15)9-16-11(2)3/h8,10-11,14,16H,5-7,9H2,1-4H3. The number of hydrogen-bond donors (Lipinski definition) is 1. The lowest BCUT2D eigenvalue weighted by atomic mass is 10.2. The van der Waals surface area contributed by atoms with Gasteiger partial charge in [0, 0.05) is 31.4 Å². The van der Waals surface area contributed by atoms with Crippen molar-refractivity contribution in [3.8, 4) is 0 Å². The molecule has 3 nitrogen and oxygen atoms in total. The first-order valence-corrected chi connectivity index (χ1v) is 7.07. The lowest BCUT2D eigenvalue weighted by Gasteiger charge is -2.23. The average Bonchev–Trinajstić information content (AvgIpc) is 3.14. The summed E-state index contributed by atoms with van der Waals surface area (Å²) in [7, 11) is 0. The molecule has 0 saturated heterocycles. The molecule has 2 rings (SSSR count). The quantitative estimate of drug-likeness (QED) is 0.838. The number of rotatable bonds is 6. The SMILES string of the molecule is CCN(c1ncc(CNC(C)C)cc1C)C1CC1. The molecule has 1 aromatic heterocycles. The van der Waals surface area contributed by atoms with Crippen molar-refractivity contribution >= 4 is 5.82 Å². The Labute approximate surface area is 111 Å². The molecule has 1 saturated carbocycles. The van der Waals surface area contributed by atoms with Gasteiger partial charge in [0.05, 0.1) is 0 Å². The summed E-state index contributed by atoms with van der Waals surface area (Å²) in [5.74, 6) is 1.17. The van der Waals surface area contributed by atoms with Crippen molar-refractivity contribution in [3.63, 3.8) is 0 Å². The molecule has 0 aliphatic heterocycles. The number of aromatic nitrogens is 1. The normalized spacial score (nSPS) is 15.2. The van der Waals surface area contributed by atoms with Crippen molar-refractivity contribution in [1.29, 1.82) is 0 Å². The molecule has 0 radical (unpaired) electrons. The summed E-state index contributed by atoms with van der Waals surface area (Å²) in [6, 6.07) is 3.52. The molecule has 0 spiro atoms. The summed E-state index contributed by atoms with van der Waals surface area (Å²) in [6.07, 6.45) is 4.67. The lowest BCUT2D eigenvalue weighted by molar-refractivity contribution is 0.587. The number of nitrogens with zero attached hydrogens (tertiary/aromatic N) is 2. The molecule has 100 valence electrons. The van der Waals surface area contributed by atoms with E-state index in [1.54, 1.807) is 0 Å². The molecule has 3 heteroatoms. The van der Waals surface area contributed by atoms with Crippen LogP contribution in [0.4, 0.5) is 5.82 Å². The van der Waals surface area contributed by atoms with Gasteiger partial charge in [-0.05, 0) is 43.9 Å². The van der Waals surface area contributed by atoms with Crippen LogP contribution >= 0.6 is 0 Å². The Bertz CT molecular complexity index is 397. The third-order valence-electron chi connectivity index (χ3n) is 3.42. The monoisotopic (exact) mass is 247 g/mol. The van der Waals surface area contributed by atoms with Crippen molar-refractivity contribution in [2.24, 2.45) is 0 Å². The van der Waals surface area contributed by atoms with E-state index in [1.807, 2.05) is 6.20 Å². The predicted molar refractivity (Wildman–Crippen MR) is 77.0 cm³/mol. The fourth-order valence-corrected chi connectivity index (χ4v) is 2.31. The van der Waals surface area contributed by atoms with E-state index in [-0.39, 0.29) is 0 Å². The topological polar surface area (TPSA) is 28.2 Å². The van der Waals surface area contributed by atoms with Crippen molar-refractivity contribution in [2.75, 3.05) is 11.4 Å². The Morgan fingerprint density at radius 2 is 2.17 bits per heavy atom. The molecule has 1 aliphatic carbocycles. The molecule has 1 aromatic rings. The van der Waals surface area contributed by atoms with Crippen LogP contribution in [-0.4, -0.2) is 23.6 Å². The number of hydrogen-bond acceptors (Lipinski definition) is 3. The molecule has 0 bridgehead atoms. The highest BCUT2D eigenvalue weighted by atomic mass is 15.2. The van der Waals surface area contributed by atoms with E-state index in [2.05, 4.69) is 49.0 Å². The summed E-state index contributed by atoms with van der Waals surface area (Å²) >= 11 is 0. The molecule has 1 heterocycles. The van der Waals surface area contributed by atoms with Gasteiger partial charge in [-0.15, -0.1) is 0 Å². The van der Waals surface area contributed by atoms with Crippen LogP contribution in [-0.2, 0) is 6.54 Å². The van der Waals surface area contributed by atoms with E-state index in [0.29, 0.717) is 6.04 Å². The van der Waals surface area contributed by atoms with Crippen LogP contribution in [0.15, 0.2) is 12.3 Å². The minimum atomic E-state index is 0.517. The third kappa shape index (κ3) is 3.22. The van der Waals surface area contributed by atoms with Gasteiger partial charge in [0.1, 0.15) is 5.82 Å². The zero-order valence-electron chi connectivity index (χ0n) is 12.0. The molecular formula is C15H25N3. The van der Waals surface area contributed by atoms with Crippen LogP contribution in [0.25, 0.3) is 0 Å². The second kappa shape index (κ2) is 5.70. The second-order valence-electron chi connectivity index (χ2n) is 5.54. The minimum Gasteiger partial charge on any atom is -0.354 e. The summed E-state index contributed by atoms with van der Waals surface area (Å²) in [4.78, 5) is 7.11. The maximum atomic E-state index is 4.67. The van der Waals surface area contributed by atoms with Gasteiger partial charge in [0.2, 0.25) is 0 Å². The molecular weight excluding hydrogens is 222 g/mol. The van der Waals surface area contributed by atoms with Crippen LogP contribution in [0.1, 0.15) is 44.7 Å². The zero-order valence-corrected chi connectivity index (χ0v) is 12.0. The largest absolute Gasteiger partial charge is 0.354 e. The Morgan fingerprint density at radius 1 is 1.44 bits per heavy atom. The first-order valence-electron chi connectivity index (χ1n) is 7.07. The van der Waals surface area contributed by atoms with Crippen LogP contribution in [0, 0.1) is 6.92 Å². The highest BCUT2D eigenvalue weighted by molar-refractivity contribution is 5.49. The Balaban J connectivity index is 2.08. The van der Waals surface area contributed by atoms with Crippen molar-refractivity contribution < 1.29 is 0 Å². The molecule has 18 heavy (non-hydrogen) atoms. The van der Waals surface area contributed by atoms with Crippen molar-refractivity contribution in [1.82, 2.24) is 10.3 Å². The highest BCUT2D eigenvalue weighted by Crippen LogP contribution is 2.31. The third-order valence-corrected chi connectivity index (χ3v) is 3.42. The number of aryl methyl sites for hydroxylation is 1. The summed E-state index contributed by atoms with van der Waals surface area (Å²) in [6.45, 7) is 10.7. The maximum absolute atomic E-state index is 4.67. The van der Waals surface area contributed by atoms with Crippen LogP contribution in [0.3, 0.4) is 0 Å². The first-order chi connectivity index (χ1) is 8.61. The fourth-order valence-electron chi connectivity index (χ4n) is 2.31. The summed E-state index contributed by atoms with van der Waals surface area (Å²) in [5, 5.41) is 3.43. The summed E-state index contributed by atoms with van der Waals surface area (Å²) in [5.41, 5.74) is 2.57. The van der Waals surface area contributed by atoms with Gasteiger partial charge >= 0.3 is 0 Å². The molecule has 1 aliphatic rings. The van der Waals surface area contributed by atoms with Gasteiger partial charge in [0.25, 0.3) is 0 Å². The molecule has 1 fully saturated rings. The van der Waals surface area contributed by atoms with E-state index in [9.17, 15) is 0 Å². The Morgan fingerprint density at radius 3 is 2.67 bits per heavy atom. The number of anilines is 1. The zero-order chi connectivity index (χ0) is 13.1. The van der Waals surface area contributed by atoms with Crippen molar-refractivity contribution in [3.05, 3.63) is 23.4 Å². The average molecular weight is 247 g/mol. The smallest absolute Gasteiger partial charge is 0.131 e. The molecule has 0 unspecified atom stereocenters. The molecule has 0 atom stereocenters.